The topological polar surface area (TPSA) is 62.6 Å². The number of allylic oxidation sites excluding steroid dienone is 2. The molecule has 1 N–H and O–H groups in total. The standard InChI is InChI=1S/C25H29N5O2/c1-28-24-19(14-26-28)15-30(22-9-5-4-8-21(22)27-24)16-23(31)29-12-10-25(11-13-29)20-7-3-2-6-18(20)17-32-25/h2-3,6-9,14,27H,4-5,10-13,15-17H2,1H3. The van der Waals surface area contributed by atoms with E-state index >= 15 is 0 Å². The highest BCUT2D eigenvalue weighted by molar-refractivity contribution is 5.79. The van der Waals surface area contributed by atoms with Crippen molar-refractivity contribution in [3.63, 3.8) is 0 Å². The van der Waals surface area contributed by atoms with E-state index < -0.39 is 0 Å². The Bertz CT molecular complexity index is 1120. The summed E-state index contributed by atoms with van der Waals surface area (Å²) in [6.45, 7) is 3.21. The van der Waals surface area contributed by atoms with E-state index in [0.717, 1.165) is 61.5 Å². The number of piperidine rings is 1. The first-order valence-electron chi connectivity index (χ1n) is 11.6. The highest BCUT2D eigenvalue weighted by Gasteiger charge is 2.43. The average Bonchev–Trinajstić information content (AvgIpc) is 3.29. The van der Waals surface area contributed by atoms with Crippen molar-refractivity contribution in [1.82, 2.24) is 19.6 Å². The van der Waals surface area contributed by atoms with Gasteiger partial charge in [-0.2, -0.15) is 5.10 Å². The molecule has 166 valence electrons. The van der Waals surface area contributed by atoms with Gasteiger partial charge in [-0.05, 0) is 36.8 Å². The summed E-state index contributed by atoms with van der Waals surface area (Å²) in [5.41, 5.74) is 5.72. The van der Waals surface area contributed by atoms with Crippen molar-refractivity contribution in [1.29, 1.82) is 0 Å². The molecule has 0 bridgehead atoms. The number of anilines is 1. The third-order valence-electron chi connectivity index (χ3n) is 7.36. The maximum absolute atomic E-state index is 13.4. The average molecular weight is 432 g/mol. The van der Waals surface area contributed by atoms with Gasteiger partial charge in [0.15, 0.2) is 0 Å². The van der Waals surface area contributed by atoms with Crippen LogP contribution in [-0.4, -0.2) is 45.1 Å². The number of nitrogens with zero attached hydrogens (tertiary/aromatic N) is 4. The molecule has 4 heterocycles. The third-order valence-corrected chi connectivity index (χ3v) is 7.36. The molecular weight excluding hydrogens is 402 g/mol. The zero-order valence-electron chi connectivity index (χ0n) is 18.5. The van der Waals surface area contributed by atoms with Crippen LogP contribution in [0.2, 0.25) is 0 Å². The van der Waals surface area contributed by atoms with Gasteiger partial charge >= 0.3 is 0 Å². The van der Waals surface area contributed by atoms with Crippen molar-refractivity contribution >= 4 is 11.7 Å². The highest BCUT2D eigenvalue weighted by Crippen LogP contribution is 2.44. The SMILES string of the molecule is Cn1ncc2c1NC1=CCCC=C1N(CC(=O)N1CCC3(CC1)OCc1ccccc13)C2. The maximum Gasteiger partial charge on any atom is 0.242 e. The minimum Gasteiger partial charge on any atom is -0.365 e. The van der Waals surface area contributed by atoms with Gasteiger partial charge in [0.1, 0.15) is 5.82 Å². The molecule has 3 aliphatic heterocycles. The summed E-state index contributed by atoms with van der Waals surface area (Å²) in [7, 11) is 1.95. The van der Waals surface area contributed by atoms with E-state index in [-0.39, 0.29) is 11.5 Å². The largest absolute Gasteiger partial charge is 0.365 e. The third kappa shape index (κ3) is 3.14. The number of nitrogens with one attached hydrogen (secondary N) is 1. The smallest absolute Gasteiger partial charge is 0.242 e. The quantitative estimate of drug-likeness (QED) is 0.791. The van der Waals surface area contributed by atoms with Crippen LogP contribution in [0.5, 0.6) is 0 Å². The Labute approximate surface area is 188 Å². The summed E-state index contributed by atoms with van der Waals surface area (Å²) in [5.74, 6) is 1.19. The van der Waals surface area contributed by atoms with Crippen molar-refractivity contribution in [2.24, 2.45) is 7.05 Å². The van der Waals surface area contributed by atoms with Crippen LogP contribution in [0, 0.1) is 0 Å². The normalized spacial score (nSPS) is 21.2. The van der Waals surface area contributed by atoms with E-state index in [4.69, 9.17) is 4.74 Å². The lowest BCUT2D eigenvalue weighted by molar-refractivity contribution is -0.139. The van der Waals surface area contributed by atoms with Crippen molar-refractivity contribution in [3.05, 3.63) is 70.7 Å². The van der Waals surface area contributed by atoms with Gasteiger partial charge in [-0.15, -0.1) is 0 Å². The molecule has 1 aromatic carbocycles. The molecule has 32 heavy (non-hydrogen) atoms. The first-order valence-corrected chi connectivity index (χ1v) is 11.6. The predicted molar refractivity (Wildman–Crippen MR) is 121 cm³/mol. The predicted octanol–water partition coefficient (Wildman–Crippen LogP) is 3.26. The number of aromatic nitrogens is 2. The second kappa shape index (κ2) is 7.52. The summed E-state index contributed by atoms with van der Waals surface area (Å²) in [6.07, 6.45) is 10.1. The van der Waals surface area contributed by atoms with Crippen molar-refractivity contribution in [2.45, 2.75) is 44.4 Å². The summed E-state index contributed by atoms with van der Waals surface area (Å²) >= 11 is 0. The van der Waals surface area contributed by atoms with Crippen molar-refractivity contribution in [3.8, 4) is 0 Å². The number of likely N-dealkylation sites (tertiary alicyclic amines) is 1. The fraction of sp³-hybridized carbons (Fsp3) is 0.440. The van der Waals surface area contributed by atoms with Crippen LogP contribution in [0.15, 0.2) is 54.0 Å². The first kappa shape index (κ1) is 19.6. The Kier molecular flexibility index (Phi) is 4.61. The van der Waals surface area contributed by atoms with Gasteiger partial charge in [-0.1, -0.05) is 36.4 Å². The number of aryl methyl sites for hydroxylation is 1. The molecule has 1 aliphatic carbocycles. The lowest BCUT2D eigenvalue weighted by Gasteiger charge is -2.40. The van der Waals surface area contributed by atoms with E-state index in [2.05, 4.69) is 51.7 Å². The van der Waals surface area contributed by atoms with Gasteiger partial charge < -0.3 is 19.9 Å². The lowest BCUT2D eigenvalue weighted by Crippen LogP contribution is -2.48. The fourth-order valence-corrected chi connectivity index (χ4v) is 5.57. The second-order valence-corrected chi connectivity index (χ2v) is 9.23. The molecule has 6 rings (SSSR count). The number of carbonyl (C=O) groups excluding carboxylic acids is 1. The van der Waals surface area contributed by atoms with E-state index in [9.17, 15) is 4.79 Å². The number of amides is 1. The van der Waals surface area contributed by atoms with Gasteiger partial charge in [-0.3, -0.25) is 9.48 Å². The molecule has 0 radical (unpaired) electrons. The number of benzene rings is 1. The Hall–Kier alpha value is -3.06. The Morgan fingerprint density at radius 3 is 2.84 bits per heavy atom. The molecule has 1 fully saturated rings. The zero-order valence-corrected chi connectivity index (χ0v) is 18.5. The number of fused-ring (bicyclic) bond motifs is 4. The lowest BCUT2D eigenvalue weighted by atomic mass is 9.84. The summed E-state index contributed by atoms with van der Waals surface area (Å²) in [4.78, 5) is 17.6. The van der Waals surface area contributed by atoms with Crippen LogP contribution in [0.1, 0.15) is 42.4 Å². The summed E-state index contributed by atoms with van der Waals surface area (Å²) < 4.78 is 8.15. The van der Waals surface area contributed by atoms with Crippen LogP contribution in [0.3, 0.4) is 0 Å². The van der Waals surface area contributed by atoms with Crippen LogP contribution in [0.4, 0.5) is 5.82 Å². The molecule has 0 atom stereocenters. The van der Waals surface area contributed by atoms with E-state index in [1.807, 2.05) is 22.8 Å². The maximum atomic E-state index is 13.4. The van der Waals surface area contributed by atoms with Crippen LogP contribution in [-0.2, 0) is 35.3 Å². The molecule has 1 spiro atoms. The van der Waals surface area contributed by atoms with Crippen LogP contribution < -0.4 is 5.32 Å². The molecule has 1 aromatic heterocycles. The molecule has 7 heteroatoms. The minimum atomic E-state index is -0.216. The molecule has 0 saturated carbocycles. The Morgan fingerprint density at radius 1 is 1.16 bits per heavy atom. The minimum absolute atomic E-state index is 0.185. The number of ether oxygens (including phenoxy) is 1. The fourth-order valence-electron chi connectivity index (χ4n) is 5.57. The number of carbonyl (C=O) groups is 1. The number of hydrogen-bond acceptors (Lipinski definition) is 5. The van der Waals surface area contributed by atoms with Gasteiger partial charge in [0, 0.05) is 32.2 Å². The number of rotatable bonds is 2. The van der Waals surface area contributed by atoms with Gasteiger partial charge in [0.25, 0.3) is 0 Å². The van der Waals surface area contributed by atoms with E-state index in [1.165, 1.54) is 11.1 Å². The first-order chi connectivity index (χ1) is 15.6. The molecule has 7 nitrogen and oxygen atoms in total. The summed E-state index contributed by atoms with van der Waals surface area (Å²) in [5, 5.41) is 7.96. The Morgan fingerprint density at radius 2 is 1.97 bits per heavy atom. The van der Waals surface area contributed by atoms with Crippen LogP contribution in [0.25, 0.3) is 0 Å². The molecule has 2 aromatic rings. The van der Waals surface area contributed by atoms with E-state index in [0.29, 0.717) is 19.7 Å². The molecular formula is C25H29N5O2. The second-order valence-electron chi connectivity index (χ2n) is 9.23. The Balaban J connectivity index is 1.18. The van der Waals surface area contributed by atoms with Crippen molar-refractivity contribution < 1.29 is 9.53 Å². The van der Waals surface area contributed by atoms with E-state index in [1.54, 1.807) is 0 Å². The van der Waals surface area contributed by atoms with Gasteiger partial charge in [0.05, 0.1) is 36.3 Å². The number of hydrogen-bond donors (Lipinski definition) is 1. The molecule has 1 saturated heterocycles. The summed E-state index contributed by atoms with van der Waals surface area (Å²) in [6, 6.07) is 8.52. The van der Waals surface area contributed by atoms with Crippen molar-refractivity contribution in [2.75, 3.05) is 25.0 Å². The van der Waals surface area contributed by atoms with Crippen LogP contribution >= 0.6 is 0 Å². The highest BCUT2D eigenvalue weighted by atomic mass is 16.5. The van der Waals surface area contributed by atoms with Gasteiger partial charge in [-0.25, -0.2) is 0 Å². The molecule has 4 aliphatic rings. The molecule has 1 amide bonds. The monoisotopic (exact) mass is 431 g/mol. The zero-order chi connectivity index (χ0) is 21.7. The van der Waals surface area contributed by atoms with Gasteiger partial charge in [0.2, 0.25) is 5.91 Å². The molecule has 0 unspecified atom stereocenters.